The quantitative estimate of drug-likeness (QED) is 0.716. The minimum Gasteiger partial charge on any atom is -0.352 e. The molecule has 0 aromatic heterocycles. The minimum atomic E-state index is -0.228. The summed E-state index contributed by atoms with van der Waals surface area (Å²) < 4.78 is 14.0. The lowest BCUT2D eigenvalue weighted by molar-refractivity contribution is -0.130. The van der Waals surface area contributed by atoms with Crippen LogP contribution in [0.25, 0.3) is 0 Å². The summed E-state index contributed by atoms with van der Waals surface area (Å²) in [5.41, 5.74) is 1.65. The molecule has 1 aliphatic rings. The number of nitrogens with one attached hydrogen (secondary N) is 1. The third kappa shape index (κ3) is 6.65. The first kappa shape index (κ1) is 21.5. The van der Waals surface area contributed by atoms with Crippen molar-refractivity contribution in [1.82, 2.24) is 15.1 Å². The van der Waals surface area contributed by atoms with Crippen molar-refractivity contribution in [1.29, 1.82) is 0 Å². The van der Waals surface area contributed by atoms with Gasteiger partial charge in [0, 0.05) is 55.7 Å². The summed E-state index contributed by atoms with van der Waals surface area (Å²) in [6, 6.07) is 13.7. The molecule has 154 valence electrons. The van der Waals surface area contributed by atoms with Crippen LogP contribution in [0.4, 0.5) is 4.39 Å². The van der Waals surface area contributed by atoms with Crippen molar-refractivity contribution in [2.24, 2.45) is 0 Å². The van der Waals surface area contributed by atoms with Crippen molar-refractivity contribution < 1.29 is 14.0 Å². The second kappa shape index (κ2) is 10.5. The maximum Gasteiger partial charge on any atom is 0.251 e. The second-order valence-electron chi connectivity index (χ2n) is 7.15. The molecule has 0 bridgehead atoms. The fourth-order valence-corrected chi connectivity index (χ4v) is 3.64. The molecule has 1 aliphatic heterocycles. The van der Waals surface area contributed by atoms with Crippen molar-refractivity contribution in [3.63, 3.8) is 0 Å². The number of benzene rings is 2. The van der Waals surface area contributed by atoms with Crippen LogP contribution < -0.4 is 5.32 Å². The molecule has 2 aromatic rings. The molecule has 0 spiro atoms. The smallest absolute Gasteiger partial charge is 0.251 e. The zero-order valence-corrected chi connectivity index (χ0v) is 17.8. The number of carbonyl (C=O) groups is 2. The first-order chi connectivity index (χ1) is 14.0. The molecule has 1 saturated heterocycles. The van der Waals surface area contributed by atoms with Crippen LogP contribution >= 0.6 is 15.9 Å². The number of nitrogens with zero attached hydrogens (tertiary/aromatic N) is 2. The molecule has 0 aliphatic carbocycles. The summed E-state index contributed by atoms with van der Waals surface area (Å²) in [6.07, 6.45) is 1.19. The highest BCUT2D eigenvalue weighted by Gasteiger charge is 2.19. The lowest BCUT2D eigenvalue weighted by Crippen LogP contribution is -2.37. The summed E-state index contributed by atoms with van der Waals surface area (Å²) in [5.74, 6) is -0.343. The first-order valence-electron chi connectivity index (χ1n) is 9.79. The zero-order chi connectivity index (χ0) is 20.6. The van der Waals surface area contributed by atoms with E-state index in [1.54, 1.807) is 24.3 Å². The van der Waals surface area contributed by atoms with E-state index >= 15 is 0 Å². The number of hydrogen-bond acceptors (Lipinski definition) is 3. The van der Waals surface area contributed by atoms with Gasteiger partial charge in [0.1, 0.15) is 5.82 Å². The van der Waals surface area contributed by atoms with Crippen molar-refractivity contribution in [3.05, 3.63) is 69.9 Å². The lowest BCUT2D eigenvalue weighted by atomic mass is 10.2. The van der Waals surface area contributed by atoms with E-state index in [0.29, 0.717) is 25.1 Å². The van der Waals surface area contributed by atoms with Crippen molar-refractivity contribution in [2.75, 3.05) is 32.7 Å². The van der Waals surface area contributed by atoms with Gasteiger partial charge in [-0.15, -0.1) is 0 Å². The van der Waals surface area contributed by atoms with Gasteiger partial charge < -0.3 is 10.2 Å². The van der Waals surface area contributed by atoms with Crippen molar-refractivity contribution in [3.8, 4) is 0 Å². The van der Waals surface area contributed by atoms with Crippen molar-refractivity contribution in [2.45, 2.75) is 19.4 Å². The Labute approximate surface area is 179 Å². The third-order valence-electron chi connectivity index (χ3n) is 4.99. The molecule has 2 amide bonds. The van der Waals surface area contributed by atoms with Crippen LogP contribution in [-0.4, -0.2) is 54.3 Å². The lowest BCUT2D eigenvalue weighted by Gasteiger charge is -2.22. The van der Waals surface area contributed by atoms with E-state index in [-0.39, 0.29) is 17.6 Å². The SMILES string of the molecule is O=C(NCCC(=O)N1CCCN(Cc2ccc(F)cc2)CC1)c1ccc(Br)cc1. The Balaban J connectivity index is 1.41. The molecule has 1 heterocycles. The summed E-state index contributed by atoms with van der Waals surface area (Å²) in [6.45, 7) is 4.16. The van der Waals surface area contributed by atoms with E-state index in [1.807, 2.05) is 17.0 Å². The Hall–Kier alpha value is -2.25. The molecule has 3 rings (SSSR count). The Morgan fingerprint density at radius 3 is 2.41 bits per heavy atom. The number of amides is 2. The molecular weight excluding hydrogens is 437 g/mol. The summed E-state index contributed by atoms with van der Waals surface area (Å²) in [5, 5.41) is 2.81. The van der Waals surface area contributed by atoms with E-state index in [9.17, 15) is 14.0 Å². The van der Waals surface area contributed by atoms with Gasteiger partial charge >= 0.3 is 0 Å². The molecule has 7 heteroatoms. The van der Waals surface area contributed by atoms with E-state index in [4.69, 9.17) is 0 Å². The van der Waals surface area contributed by atoms with E-state index < -0.39 is 0 Å². The number of rotatable bonds is 6. The van der Waals surface area contributed by atoms with Gasteiger partial charge in [-0.05, 0) is 48.4 Å². The fourth-order valence-electron chi connectivity index (χ4n) is 3.37. The van der Waals surface area contributed by atoms with E-state index in [1.165, 1.54) is 12.1 Å². The van der Waals surface area contributed by atoms with Gasteiger partial charge in [-0.1, -0.05) is 28.1 Å². The average molecular weight is 462 g/mol. The molecule has 0 radical (unpaired) electrons. The Morgan fingerprint density at radius 2 is 1.69 bits per heavy atom. The first-order valence-corrected chi connectivity index (χ1v) is 10.6. The maximum absolute atomic E-state index is 13.0. The van der Waals surface area contributed by atoms with E-state index in [2.05, 4.69) is 26.1 Å². The average Bonchev–Trinajstić information content (AvgIpc) is 2.96. The molecule has 0 unspecified atom stereocenters. The number of carbonyl (C=O) groups excluding carboxylic acids is 2. The van der Waals surface area contributed by atoms with Gasteiger partial charge in [-0.3, -0.25) is 14.5 Å². The molecule has 1 fully saturated rings. The van der Waals surface area contributed by atoms with Gasteiger partial charge in [-0.25, -0.2) is 4.39 Å². The van der Waals surface area contributed by atoms with Gasteiger partial charge in [0.05, 0.1) is 0 Å². The van der Waals surface area contributed by atoms with Gasteiger partial charge in [0.15, 0.2) is 0 Å². The Morgan fingerprint density at radius 1 is 0.966 bits per heavy atom. The van der Waals surface area contributed by atoms with Crippen molar-refractivity contribution >= 4 is 27.7 Å². The highest BCUT2D eigenvalue weighted by Crippen LogP contribution is 2.12. The fraction of sp³-hybridized carbons (Fsp3) is 0.364. The number of halogens is 2. The minimum absolute atomic E-state index is 0.0599. The number of hydrogen-bond donors (Lipinski definition) is 1. The Bertz CT molecular complexity index is 827. The predicted molar refractivity (Wildman–Crippen MR) is 114 cm³/mol. The molecule has 29 heavy (non-hydrogen) atoms. The normalized spacial score (nSPS) is 15.0. The topological polar surface area (TPSA) is 52.7 Å². The molecule has 0 saturated carbocycles. The second-order valence-corrected chi connectivity index (χ2v) is 8.07. The summed E-state index contributed by atoms with van der Waals surface area (Å²) in [4.78, 5) is 28.8. The highest BCUT2D eigenvalue weighted by molar-refractivity contribution is 9.10. The molecule has 1 N–H and O–H groups in total. The molecular formula is C22H25BrFN3O2. The highest BCUT2D eigenvalue weighted by atomic mass is 79.9. The van der Waals surface area contributed by atoms with E-state index in [0.717, 1.165) is 42.6 Å². The zero-order valence-electron chi connectivity index (χ0n) is 16.2. The van der Waals surface area contributed by atoms with Gasteiger partial charge in [0.2, 0.25) is 5.91 Å². The van der Waals surface area contributed by atoms with Crippen LogP contribution in [0, 0.1) is 5.82 Å². The summed E-state index contributed by atoms with van der Waals surface area (Å²) in [7, 11) is 0. The Kier molecular flexibility index (Phi) is 7.77. The van der Waals surface area contributed by atoms with Crippen LogP contribution in [0.1, 0.15) is 28.8 Å². The van der Waals surface area contributed by atoms with Crippen LogP contribution in [0.2, 0.25) is 0 Å². The standard InChI is InChI=1S/C22H25BrFN3O2/c23-19-6-4-18(5-7-19)22(29)25-11-10-21(28)27-13-1-12-26(14-15-27)16-17-2-8-20(24)9-3-17/h2-9H,1,10-16H2,(H,25,29). The maximum atomic E-state index is 13.0. The molecule has 2 aromatic carbocycles. The van der Waals surface area contributed by atoms with Crippen LogP contribution in [0.5, 0.6) is 0 Å². The largest absolute Gasteiger partial charge is 0.352 e. The van der Waals surface area contributed by atoms with Crippen LogP contribution in [0.15, 0.2) is 53.0 Å². The molecule has 0 atom stereocenters. The van der Waals surface area contributed by atoms with Crippen LogP contribution in [0.3, 0.4) is 0 Å². The van der Waals surface area contributed by atoms with Crippen LogP contribution in [-0.2, 0) is 11.3 Å². The van der Waals surface area contributed by atoms with Gasteiger partial charge in [-0.2, -0.15) is 0 Å². The summed E-state index contributed by atoms with van der Waals surface area (Å²) >= 11 is 3.34. The molecule has 5 nitrogen and oxygen atoms in total. The van der Waals surface area contributed by atoms with Gasteiger partial charge in [0.25, 0.3) is 5.91 Å². The third-order valence-corrected chi connectivity index (χ3v) is 5.52. The predicted octanol–water partition coefficient (Wildman–Crippen LogP) is 3.44. The monoisotopic (exact) mass is 461 g/mol.